The van der Waals surface area contributed by atoms with Crippen molar-refractivity contribution in [3.63, 3.8) is 0 Å². The molecule has 3 aromatic rings. The number of phenols is 1. The minimum atomic E-state index is -0.661. The van der Waals surface area contributed by atoms with Crippen molar-refractivity contribution in [1.82, 2.24) is 0 Å². The number of amides is 1. The fourth-order valence-electron chi connectivity index (χ4n) is 2.19. The number of ether oxygens (including phenoxy) is 1. The van der Waals surface area contributed by atoms with Gasteiger partial charge in [0.2, 0.25) is 0 Å². The monoisotopic (exact) mass is 372 g/mol. The van der Waals surface area contributed by atoms with Gasteiger partial charge in [-0.2, -0.15) is 0 Å². The Morgan fingerprint density at radius 1 is 1.19 bits per heavy atom. The molecule has 0 saturated carbocycles. The lowest BCUT2D eigenvalue weighted by Crippen LogP contribution is -2.11. The van der Waals surface area contributed by atoms with Crippen LogP contribution in [0.3, 0.4) is 0 Å². The molecule has 0 fully saturated rings. The molecule has 9 heteroatoms. The Morgan fingerprint density at radius 3 is 2.59 bits per heavy atom. The van der Waals surface area contributed by atoms with E-state index in [1.54, 1.807) is 0 Å². The Bertz CT molecular complexity index is 984. The van der Waals surface area contributed by atoms with E-state index >= 15 is 0 Å². The summed E-state index contributed by atoms with van der Waals surface area (Å²) < 4.78 is 23.6. The topological polar surface area (TPSA) is 115 Å². The number of nitro benzene ring substituents is 1. The number of anilines is 1. The molecule has 0 saturated heterocycles. The second-order valence-corrected chi connectivity index (χ2v) is 5.42. The van der Waals surface area contributed by atoms with Gasteiger partial charge in [-0.1, -0.05) is 0 Å². The van der Waals surface area contributed by atoms with E-state index in [-0.39, 0.29) is 29.6 Å². The zero-order chi connectivity index (χ0) is 19.4. The first-order valence-electron chi connectivity index (χ1n) is 7.68. The minimum Gasteiger partial charge on any atom is -0.506 e. The van der Waals surface area contributed by atoms with Crippen molar-refractivity contribution in [1.29, 1.82) is 0 Å². The highest BCUT2D eigenvalue weighted by atomic mass is 19.1. The molecule has 0 atom stereocenters. The Morgan fingerprint density at radius 2 is 1.93 bits per heavy atom. The number of phenolic OH excluding ortho intramolecular Hbond substituents is 1. The lowest BCUT2D eigenvalue weighted by Gasteiger charge is -2.06. The van der Waals surface area contributed by atoms with E-state index in [4.69, 9.17) is 9.15 Å². The molecule has 3 rings (SSSR count). The van der Waals surface area contributed by atoms with Crippen molar-refractivity contribution in [2.45, 2.75) is 6.61 Å². The number of carbonyl (C=O) groups excluding carboxylic acids is 1. The summed E-state index contributed by atoms with van der Waals surface area (Å²) in [4.78, 5) is 22.2. The van der Waals surface area contributed by atoms with Crippen LogP contribution in [0.2, 0.25) is 0 Å². The number of hydrogen-bond acceptors (Lipinski definition) is 6. The predicted octanol–water partition coefficient (Wildman–Crippen LogP) is 3.86. The Labute approximate surface area is 152 Å². The number of carbonyl (C=O) groups is 1. The maximum Gasteiger partial charge on any atom is 0.291 e. The van der Waals surface area contributed by atoms with Gasteiger partial charge in [0, 0.05) is 6.07 Å². The van der Waals surface area contributed by atoms with E-state index in [2.05, 4.69) is 5.32 Å². The fraction of sp³-hybridized carbons (Fsp3) is 0.0556. The summed E-state index contributed by atoms with van der Waals surface area (Å²) >= 11 is 0. The van der Waals surface area contributed by atoms with Crippen molar-refractivity contribution in [2.75, 3.05) is 5.32 Å². The predicted molar refractivity (Wildman–Crippen MR) is 92.2 cm³/mol. The van der Waals surface area contributed by atoms with E-state index in [1.165, 1.54) is 42.5 Å². The van der Waals surface area contributed by atoms with E-state index < -0.39 is 16.6 Å². The third kappa shape index (κ3) is 4.40. The van der Waals surface area contributed by atoms with Crippen LogP contribution in [-0.4, -0.2) is 15.9 Å². The lowest BCUT2D eigenvalue weighted by atomic mass is 10.2. The van der Waals surface area contributed by atoms with Crippen LogP contribution in [-0.2, 0) is 6.61 Å². The van der Waals surface area contributed by atoms with Gasteiger partial charge in [-0.05, 0) is 42.5 Å². The molecule has 0 spiro atoms. The summed E-state index contributed by atoms with van der Waals surface area (Å²) in [6.45, 7) is 0.0295. The molecule has 0 radical (unpaired) electrons. The third-order valence-corrected chi connectivity index (χ3v) is 3.52. The molecule has 27 heavy (non-hydrogen) atoms. The quantitative estimate of drug-likeness (QED) is 0.386. The molecule has 8 nitrogen and oxygen atoms in total. The second kappa shape index (κ2) is 7.56. The largest absolute Gasteiger partial charge is 0.506 e. The molecule has 0 bridgehead atoms. The number of rotatable bonds is 6. The zero-order valence-electron chi connectivity index (χ0n) is 13.7. The van der Waals surface area contributed by atoms with Gasteiger partial charge in [0.05, 0.1) is 16.7 Å². The number of nitrogens with zero attached hydrogens (tertiary/aromatic N) is 1. The molecule has 0 aliphatic heterocycles. The Balaban J connectivity index is 1.63. The molecule has 1 heterocycles. The van der Waals surface area contributed by atoms with Gasteiger partial charge >= 0.3 is 0 Å². The highest BCUT2D eigenvalue weighted by Crippen LogP contribution is 2.28. The number of benzene rings is 2. The van der Waals surface area contributed by atoms with Gasteiger partial charge in [-0.25, -0.2) is 4.39 Å². The van der Waals surface area contributed by atoms with Crippen LogP contribution in [0.15, 0.2) is 59.0 Å². The molecule has 0 aliphatic carbocycles. The van der Waals surface area contributed by atoms with Crippen molar-refractivity contribution in [2.24, 2.45) is 0 Å². The van der Waals surface area contributed by atoms with Crippen molar-refractivity contribution < 1.29 is 28.4 Å². The Hall–Kier alpha value is -3.88. The van der Waals surface area contributed by atoms with Crippen molar-refractivity contribution >= 4 is 17.3 Å². The van der Waals surface area contributed by atoms with Crippen LogP contribution < -0.4 is 10.1 Å². The molecular weight excluding hydrogens is 359 g/mol. The van der Waals surface area contributed by atoms with E-state index in [1.807, 2.05) is 0 Å². The summed E-state index contributed by atoms with van der Waals surface area (Å²) in [5.74, 6) is -0.706. The summed E-state index contributed by atoms with van der Waals surface area (Å²) in [6, 6.07) is 11.7. The lowest BCUT2D eigenvalue weighted by molar-refractivity contribution is -0.384. The normalized spacial score (nSPS) is 10.4. The maximum atomic E-state index is 12.8. The van der Waals surface area contributed by atoms with Gasteiger partial charge in [0.1, 0.15) is 29.7 Å². The molecule has 2 aromatic carbocycles. The maximum absolute atomic E-state index is 12.8. The standard InChI is InChI=1S/C18H13FN2O6/c19-11-1-4-13(5-2-11)26-10-14-6-8-17(27-14)18(23)20-15-7-3-12(21(24)25)9-16(15)22/h1-9,22H,10H2,(H,20,23). The first-order chi connectivity index (χ1) is 12.9. The minimum absolute atomic E-state index is 0.00566. The zero-order valence-corrected chi connectivity index (χ0v) is 13.7. The number of furan rings is 1. The highest BCUT2D eigenvalue weighted by Gasteiger charge is 2.16. The van der Waals surface area contributed by atoms with Crippen molar-refractivity contribution in [3.05, 3.63) is 82.0 Å². The van der Waals surface area contributed by atoms with E-state index in [0.717, 1.165) is 12.1 Å². The van der Waals surface area contributed by atoms with Gasteiger partial charge in [-0.15, -0.1) is 0 Å². The summed E-state index contributed by atoms with van der Waals surface area (Å²) in [5.41, 5.74) is -0.296. The molecule has 2 N–H and O–H groups in total. The molecule has 138 valence electrons. The number of nitrogens with one attached hydrogen (secondary N) is 1. The van der Waals surface area contributed by atoms with Crippen LogP contribution in [0, 0.1) is 15.9 Å². The number of halogens is 1. The van der Waals surface area contributed by atoms with E-state index in [0.29, 0.717) is 11.5 Å². The fourth-order valence-corrected chi connectivity index (χ4v) is 2.19. The molecular formula is C18H13FN2O6. The second-order valence-electron chi connectivity index (χ2n) is 5.42. The summed E-state index contributed by atoms with van der Waals surface area (Å²) in [7, 11) is 0. The molecule has 0 aliphatic rings. The average Bonchev–Trinajstić information content (AvgIpc) is 3.12. The summed E-state index contributed by atoms with van der Waals surface area (Å²) in [5, 5.41) is 22.8. The molecule has 1 aromatic heterocycles. The number of nitro groups is 1. The van der Waals surface area contributed by atoms with E-state index in [9.17, 15) is 24.4 Å². The number of non-ortho nitro benzene ring substituents is 1. The first kappa shape index (κ1) is 17.9. The van der Waals surface area contributed by atoms with Gasteiger partial charge < -0.3 is 19.6 Å². The van der Waals surface area contributed by atoms with Crippen LogP contribution in [0.4, 0.5) is 15.8 Å². The first-order valence-corrected chi connectivity index (χ1v) is 7.68. The highest BCUT2D eigenvalue weighted by molar-refractivity contribution is 6.03. The van der Waals surface area contributed by atoms with Gasteiger partial charge in [-0.3, -0.25) is 14.9 Å². The smallest absolute Gasteiger partial charge is 0.291 e. The third-order valence-electron chi connectivity index (χ3n) is 3.52. The van der Waals surface area contributed by atoms with Crippen LogP contribution in [0.25, 0.3) is 0 Å². The Kier molecular flexibility index (Phi) is 5.02. The van der Waals surface area contributed by atoms with Crippen LogP contribution >= 0.6 is 0 Å². The molecule has 0 unspecified atom stereocenters. The van der Waals surface area contributed by atoms with Crippen molar-refractivity contribution in [3.8, 4) is 11.5 Å². The SMILES string of the molecule is O=C(Nc1ccc([N+](=O)[O-])cc1O)c1ccc(COc2ccc(F)cc2)o1. The van der Waals surface area contributed by atoms with Crippen LogP contribution in [0.5, 0.6) is 11.5 Å². The average molecular weight is 372 g/mol. The van der Waals surface area contributed by atoms with Gasteiger partial charge in [0.25, 0.3) is 11.6 Å². The van der Waals surface area contributed by atoms with Crippen LogP contribution in [0.1, 0.15) is 16.3 Å². The number of aromatic hydroxyl groups is 1. The summed E-state index contributed by atoms with van der Waals surface area (Å²) in [6.07, 6.45) is 0. The number of hydrogen-bond donors (Lipinski definition) is 2. The van der Waals surface area contributed by atoms with Gasteiger partial charge in [0.15, 0.2) is 5.76 Å². The molecule has 1 amide bonds.